The summed E-state index contributed by atoms with van der Waals surface area (Å²) in [6.07, 6.45) is 3.87. The molecular weight excluding hydrogens is 387 g/mol. The summed E-state index contributed by atoms with van der Waals surface area (Å²) < 4.78 is 14.7. The van der Waals surface area contributed by atoms with Crippen molar-refractivity contribution in [3.63, 3.8) is 0 Å². The summed E-state index contributed by atoms with van der Waals surface area (Å²) >= 11 is 5.22. The lowest BCUT2D eigenvalue weighted by Crippen LogP contribution is -2.31. The van der Waals surface area contributed by atoms with E-state index in [-0.39, 0.29) is 5.82 Å². The van der Waals surface area contributed by atoms with Crippen molar-refractivity contribution in [2.75, 3.05) is 0 Å². The van der Waals surface area contributed by atoms with Crippen LogP contribution in [0.2, 0.25) is 0 Å². The van der Waals surface area contributed by atoms with E-state index in [4.69, 9.17) is 17.5 Å². The maximum absolute atomic E-state index is 12.9. The topological polar surface area (TPSA) is 78.0 Å². The van der Waals surface area contributed by atoms with Gasteiger partial charge in [0.15, 0.2) is 5.11 Å². The predicted octanol–water partition coefficient (Wildman–Crippen LogP) is 3.60. The molecule has 0 aliphatic heterocycles. The van der Waals surface area contributed by atoms with Crippen molar-refractivity contribution in [3.05, 3.63) is 77.7 Å². The van der Waals surface area contributed by atoms with Crippen LogP contribution in [0, 0.1) is 17.1 Å². The Hall–Kier alpha value is -3.57. The average molecular weight is 406 g/mol. The molecule has 0 aliphatic carbocycles. The zero-order chi connectivity index (χ0) is 20.5. The number of halogens is 1. The Morgan fingerprint density at radius 1 is 1.21 bits per heavy atom. The number of nitrogens with one attached hydrogen (secondary N) is 2. The fraction of sp³-hybridized carbons (Fsp3) is 0.143. The van der Waals surface area contributed by atoms with Gasteiger partial charge in [0, 0.05) is 23.9 Å². The Morgan fingerprint density at radius 3 is 2.69 bits per heavy atom. The summed E-state index contributed by atoms with van der Waals surface area (Å²) in [6, 6.07) is 18.1. The highest BCUT2D eigenvalue weighted by molar-refractivity contribution is 7.80. The van der Waals surface area contributed by atoms with Crippen LogP contribution >= 0.6 is 12.2 Å². The first-order chi connectivity index (χ1) is 14.2. The number of benzene rings is 2. The molecule has 29 heavy (non-hydrogen) atoms. The third-order valence-electron chi connectivity index (χ3n) is 4.03. The Morgan fingerprint density at radius 2 is 1.97 bits per heavy atom. The van der Waals surface area contributed by atoms with Gasteiger partial charge in [0.1, 0.15) is 11.5 Å². The van der Waals surface area contributed by atoms with E-state index in [1.54, 1.807) is 23.0 Å². The summed E-state index contributed by atoms with van der Waals surface area (Å²) in [5.74, 6) is -0.274. The molecule has 8 heteroatoms. The number of nitriles is 1. The van der Waals surface area contributed by atoms with Crippen LogP contribution < -0.4 is 10.7 Å². The first kappa shape index (κ1) is 20.2. The number of hydrazone groups is 1. The molecule has 2 aromatic carbocycles. The van der Waals surface area contributed by atoms with E-state index in [2.05, 4.69) is 27.0 Å². The number of nitrogens with zero attached hydrogens (tertiary/aromatic N) is 4. The third-order valence-corrected chi connectivity index (χ3v) is 4.26. The van der Waals surface area contributed by atoms with Crippen molar-refractivity contribution in [2.24, 2.45) is 5.10 Å². The standard InChI is InChI=1S/C21H19FN6S/c22-19-9-7-16(8-10-19)13-24-21(29)26-25-14-18-15-28(12-4-11-23)27-20(18)17-5-2-1-3-6-17/h1-3,5-10,14-15H,4,12-13H2,(H2,24,26,29)/b25-14-. The van der Waals surface area contributed by atoms with Crippen molar-refractivity contribution in [1.29, 1.82) is 5.26 Å². The molecule has 146 valence electrons. The number of rotatable bonds is 7. The van der Waals surface area contributed by atoms with E-state index in [0.717, 1.165) is 22.4 Å². The second-order valence-corrected chi connectivity index (χ2v) is 6.56. The van der Waals surface area contributed by atoms with Crippen molar-refractivity contribution in [1.82, 2.24) is 20.5 Å². The van der Waals surface area contributed by atoms with E-state index in [0.29, 0.717) is 24.6 Å². The molecule has 0 amide bonds. The van der Waals surface area contributed by atoms with Gasteiger partial charge in [-0.25, -0.2) is 4.39 Å². The van der Waals surface area contributed by atoms with Crippen LogP contribution in [0.15, 0.2) is 65.9 Å². The highest BCUT2D eigenvalue weighted by Gasteiger charge is 2.09. The van der Waals surface area contributed by atoms with Crippen molar-refractivity contribution in [2.45, 2.75) is 19.5 Å². The highest BCUT2D eigenvalue weighted by atomic mass is 32.1. The number of aryl methyl sites for hydroxylation is 1. The molecule has 0 saturated heterocycles. The zero-order valence-electron chi connectivity index (χ0n) is 15.5. The normalized spacial score (nSPS) is 10.6. The largest absolute Gasteiger partial charge is 0.357 e. The quantitative estimate of drug-likeness (QED) is 0.356. The van der Waals surface area contributed by atoms with Crippen LogP contribution in [0.1, 0.15) is 17.5 Å². The van der Waals surface area contributed by atoms with Gasteiger partial charge in [-0.3, -0.25) is 10.1 Å². The minimum atomic E-state index is -0.274. The van der Waals surface area contributed by atoms with Crippen LogP contribution in [0.25, 0.3) is 11.3 Å². The first-order valence-electron chi connectivity index (χ1n) is 8.97. The van der Waals surface area contributed by atoms with Crippen LogP contribution in [0.4, 0.5) is 4.39 Å². The first-order valence-corrected chi connectivity index (χ1v) is 9.37. The van der Waals surface area contributed by atoms with Gasteiger partial charge in [-0.05, 0) is 29.9 Å². The number of aromatic nitrogens is 2. The van der Waals surface area contributed by atoms with E-state index in [1.807, 2.05) is 36.5 Å². The van der Waals surface area contributed by atoms with Crippen molar-refractivity contribution >= 4 is 23.5 Å². The Balaban J connectivity index is 1.64. The maximum Gasteiger partial charge on any atom is 0.187 e. The average Bonchev–Trinajstić information content (AvgIpc) is 3.15. The highest BCUT2D eigenvalue weighted by Crippen LogP contribution is 2.20. The lowest BCUT2D eigenvalue weighted by Gasteiger charge is -2.06. The van der Waals surface area contributed by atoms with Gasteiger partial charge < -0.3 is 5.32 Å². The van der Waals surface area contributed by atoms with E-state index >= 15 is 0 Å². The van der Waals surface area contributed by atoms with E-state index < -0.39 is 0 Å². The second-order valence-electron chi connectivity index (χ2n) is 6.15. The van der Waals surface area contributed by atoms with Crippen LogP contribution in [-0.2, 0) is 13.1 Å². The van der Waals surface area contributed by atoms with Gasteiger partial charge in [-0.2, -0.15) is 15.5 Å². The molecule has 2 N–H and O–H groups in total. The van der Waals surface area contributed by atoms with Crippen LogP contribution in [0.5, 0.6) is 0 Å². The second kappa shape index (κ2) is 10.1. The molecule has 3 rings (SSSR count). The number of hydrogen-bond donors (Lipinski definition) is 2. The SMILES string of the molecule is N#CCCn1cc(/C=N\NC(=S)NCc2ccc(F)cc2)c(-c2ccccc2)n1. The molecular formula is C21H19FN6S. The number of hydrogen-bond acceptors (Lipinski definition) is 4. The van der Waals surface area contributed by atoms with Gasteiger partial charge >= 0.3 is 0 Å². The summed E-state index contributed by atoms with van der Waals surface area (Å²) in [4.78, 5) is 0. The molecule has 0 spiro atoms. The van der Waals surface area contributed by atoms with Gasteiger partial charge in [0.2, 0.25) is 0 Å². The summed E-state index contributed by atoms with van der Waals surface area (Å²) in [5, 5.41) is 20.9. The van der Waals surface area contributed by atoms with Gasteiger partial charge in [0.25, 0.3) is 0 Å². The zero-order valence-corrected chi connectivity index (χ0v) is 16.4. The monoisotopic (exact) mass is 406 g/mol. The van der Waals surface area contributed by atoms with Gasteiger partial charge in [-0.1, -0.05) is 42.5 Å². The molecule has 0 radical (unpaired) electrons. The maximum atomic E-state index is 12.9. The molecule has 3 aromatic rings. The molecule has 0 unspecified atom stereocenters. The minimum Gasteiger partial charge on any atom is -0.357 e. The summed E-state index contributed by atoms with van der Waals surface area (Å²) in [7, 11) is 0. The molecule has 0 fully saturated rings. The van der Waals surface area contributed by atoms with Crippen molar-refractivity contribution in [3.8, 4) is 17.3 Å². The van der Waals surface area contributed by atoms with E-state index in [1.165, 1.54) is 12.1 Å². The lowest BCUT2D eigenvalue weighted by atomic mass is 10.1. The molecule has 0 atom stereocenters. The fourth-order valence-electron chi connectivity index (χ4n) is 2.62. The Bertz CT molecular complexity index is 1020. The van der Waals surface area contributed by atoms with Gasteiger partial charge in [0.05, 0.1) is 25.2 Å². The molecule has 6 nitrogen and oxygen atoms in total. The Kier molecular flexibility index (Phi) is 7.03. The smallest absolute Gasteiger partial charge is 0.187 e. The molecule has 1 heterocycles. The van der Waals surface area contributed by atoms with Crippen molar-refractivity contribution < 1.29 is 4.39 Å². The lowest BCUT2D eigenvalue weighted by molar-refractivity contribution is 0.626. The Labute approximate surface area is 173 Å². The van der Waals surface area contributed by atoms with Gasteiger partial charge in [-0.15, -0.1) is 0 Å². The fourth-order valence-corrected chi connectivity index (χ4v) is 2.74. The predicted molar refractivity (Wildman–Crippen MR) is 114 cm³/mol. The molecule has 0 aliphatic rings. The third kappa shape index (κ3) is 5.96. The van der Waals surface area contributed by atoms with E-state index in [9.17, 15) is 4.39 Å². The molecule has 0 bridgehead atoms. The summed E-state index contributed by atoms with van der Waals surface area (Å²) in [6.45, 7) is 0.970. The summed E-state index contributed by atoms with van der Waals surface area (Å²) in [5.41, 5.74) is 6.22. The van der Waals surface area contributed by atoms with Crippen LogP contribution in [0.3, 0.4) is 0 Å². The van der Waals surface area contributed by atoms with Crippen LogP contribution in [-0.4, -0.2) is 21.1 Å². The molecule has 1 aromatic heterocycles. The molecule has 0 saturated carbocycles. The minimum absolute atomic E-state index is 0.274. The number of thiocarbonyl (C=S) groups is 1.